The van der Waals surface area contributed by atoms with E-state index in [0.717, 1.165) is 49.6 Å². The van der Waals surface area contributed by atoms with Crippen molar-refractivity contribution in [3.8, 4) is 0 Å². The molecule has 0 unspecified atom stereocenters. The first kappa shape index (κ1) is 17.0. The Kier molecular flexibility index (Phi) is 3.93. The van der Waals surface area contributed by atoms with Gasteiger partial charge in [0.05, 0.1) is 12.1 Å². The van der Waals surface area contributed by atoms with E-state index >= 15 is 0 Å². The highest BCUT2D eigenvalue weighted by Gasteiger charge is 2.21. The number of fused-ring (bicyclic) bond motifs is 4. The van der Waals surface area contributed by atoms with E-state index in [1.807, 2.05) is 0 Å². The predicted molar refractivity (Wildman–Crippen MR) is 101 cm³/mol. The summed E-state index contributed by atoms with van der Waals surface area (Å²) in [5.74, 6) is 2.58. The maximum absolute atomic E-state index is 13.5. The van der Waals surface area contributed by atoms with Crippen molar-refractivity contribution in [2.75, 3.05) is 18.8 Å². The second-order valence-electron chi connectivity index (χ2n) is 6.96. The number of anilines is 1. The Morgan fingerprint density at radius 2 is 2.07 bits per heavy atom. The van der Waals surface area contributed by atoms with E-state index in [9.17, 15) is 4.39 Å². The van der Waals surface area contributed by atoms with Crippen LogP contribution in [0.3, 0.4) is 0 Å². The maximum atomic E-state index is 13.5. The van der Waals surface area contributed by atoms with Gasteiger partial charge in [0.15, 0.2) is 11.5 Å². The number of aryl methyl sites for hydroxylation is 1. The highest BCUT2D eigenvalue weighted by atomic mass is 19.1. The summed E-state index contributed by atoms with van der Waals surface area (Å²) in [7, 11) is 0. The van der Waals surface area contributed by atoms with Gasteiger partial charge in [-0.3, -0.25) is 4.90 Å². The van der Waals surface area contributed by atoms with Crippen LogP contribution in [0.4, 0.5) is 10.3 Å². The Morgan fingerprint density at radius 1 is 1.18 bits per heavy atom. The molecule has 4 aromatic rings. The van der Waals surface area contributed by atoms with Gasteiger partial charge in [0.1, 0.15) is 17.5 Å². The molecule has 0 aliphatic carbocycles. The first-order valence-corrected chi connectivity index (χ1v) is 9.36. The number of benzene rings is 1. The van der Waals surface area contributed by atoms with E-state index in [1.54, 1.807) is 6.07 Å². The average Bonchev–Trinajstić information content (AvgIpc) is 3.30. The van der Waals surface area contributed by atoms with Crippen molar-refractivity contribution in [3.05, 3.63) is 41.5 Å². The van der Waals surface area contributed by atoms with E-state index < -0.39 is 0 Å². The number of halogens is 1. The summed E-state index contributed by atoms with van der Waals surface area (Å²) in [5.41, 5.74) is 7.07. The van der Waals surface area contributed by atoms with E-state index in [0.29, 0.717) is 23.4 Å². The molecule has 0 bridgehead atoms. The lowest BCUT2D eigenvalue weighted by Crippen LogP contribution is -2.35. The van der Waals surface area contributed by atoms with Crippen molar-refractivity contribution in [1.29, 1.82) is 0 Å². The summed E-state index contributed by atoms with van der Waals surface area (Å²) in [4.78, 5) is 11.2. The number of hydrogen-bond acceptors (Lipinski definition) is 7. The summed E-state index contributed by atoms with van der Waals surface area (Å²) in [6.07, 6.45) is 1.57. The van der Waals surface area contributed by atoms with Gasteiger partial charge in [-0.2, -0.15) is 4.52 Å². The minimum absolute atomic E-state index is 0.199. The number of rotatable bonds is 4. The number of aromatic nitrogens is 7. The zero-order chi connectivity index (χ0) is 19.3. The second-order valence-corrected chi connectivity index (χ2v) is 6.96. The van der Waals surface area contributed by atoms with Crippen LogP contribution in [0.25, 0.3) is 16.6 Å². The smallest absolute Gasteiger partial charge is 0.223 e. The molecule has 3 aromatic heterocycles. The van der Waals surface area contributed by atoms with Gasteiger partial charge in [-0.25, -0.2) is 14.4 Å². The second kappa shape index (κ2) is 6.48. The minimum Gasteiger partial charge on any atom is -0.368 e. The number of nitrogens with two attached hydrogens (primary N) is 1. The van der Waals surface area contributed by atoms with Gasteiger partial charge in [0.25, 0.3) is 0 Å². The number of nitrogen functional groups attached to an aromatic ring is 1. The standard InChI is InChI=1S/C18H20FN9/c1-2-15-23-24-16-10-26(7-8-27(15)16)6-5-14-22-17-12-4-3-11(19)9-13(12)21-18(20)28(17)25-14/h3-4,9H,2,5-8,10H2,1H3,(H2,20,21). The Bertz CT molecular complexity index is 1180. The van der Waals surface area contributed by atoms with Crippen LogP contribution >= 0.6 is 0 Å². The summed E-state index contributed by atoms with van der Waals surface area (Å²) < 4.78 is 17.2. The lowest BCUT2D eigenvalue weighted by molar-refractivity contribution is 0.217. The van der Waals surface area contributed by atoms with Crippen molar-refractivity contribution in [1.82, 2.24) is 39.2 Å². The molecule has 1 aliphatic heterocycles. The highest BCUT2D eigenvalue weighted by Crippen LogP contribution is 2.21. The molecule has 2 N–H and O–H groups in total. The van der Waals surface area contributed by atoms with Crippen LogP contribution in [0.15, 0.2) is 18.2 Å². The Hall–Kier alpha value is -3.14. The van der Waals surface area contributed by atoms with Gasteiger partial charge < -0.3 is 10.3 Å². The van der Waals surface area contributed by atoms with Crippen LogP contribution in [-0.4, -0.2) is 52.3 Å². The topological polar surface area (TPSA) is 103 Å². The largest absolute Gasteiger partial charge is 0.368 e. The van der Waals surface area contributed by atoms with Crippen molar-refractivity contribution < 1.29 is 4.39 Å². The van der Waals surface area contributed by atoms with Crippen LogP contribution in [0.1, 0.15) is 24.4 Å². The molecule has 9 nitrogen and oxygen atoms in total. The highest BCUT2D eigenvalue weighted by molar-refractivity contribution is 5.92. The SMILES string of the molecule is CCc1nnc2n1CCN(CCc1nc3c4ccc(F)cc4nc(N)n3n1)C2. The van der Waals surface area contributed by atoms with Crippen molar-refractivity contribution in [3.63, 3.8) is 0 Å². The lowest BCUT2D eigenvalue weighted by Gasteiger charge is -2.27. The van der Waals surface area contributed by atoms with Crippen molar-refractivity contribution in [2.24, 2.45) is 0 Å². The van der Waals surface area contributed by atoms with Crippen LogP contribution in [-0.2, 0) is 25.9 Å². The number of hydrogen-bond donors (Lipinski definition) is 1. The molecule has 28 heavy (non-hydrogen) atoms. The summed E-state index contributed by atoms with van der Waals surface area (Å²) >= 11 is 0. The Labute approximate surface area is 160 Å². The molecule has 144 valence electrons. The first-order chi connectivity index (χ1) is 13.6. The third-order valence-corrected chi connectivity index (χ3v) is 5.18. The Morgan fingerprint density at radius 3 is 2.93 bits per heavy atom. The third kappa shape index (κ3) is 2.76. The molecule has 0 atom stereocenters. The molecule has 10 heteroatoms. The quantitative estimate of drug-likeness (QED) is 0.567. The fourth-order valence-electron chi connectivity index (χ4n) is 3.73. The normalized spacial score (nSPS) is 14.8. The minimum atomic E-state index is -0.354. The molecule has 0 radical (unpaired) electrons. The molecular weight excluding hydrogens is 361 g/mol. The van der Waals surface area contributed by atoms with Gasteiger partial charge >= 0.3 is 0 Å². The molecule has 1 aliphatic rings. The third-order valence-electron chi connectivity index (χ3n) is 5.18. The fraction of sp³-hybridized carbons (Fsp3) is 0.389. The van der Waals surface area contributed by atoms with Crippen LogP contribution in [0.5, 0.6) is 0 Å². The number of nitrogens with zero attached hydrogens (tertiary/aromatic N) is 8. The summed E-state index contributed by atoms with van der Waals surface area (Å²) in [6, 6.07) is 4.41. The predicted octanol–water partition coefficient (Wildman–Crippen LogP) is 1.21. The zero-order valence-corrected chi connectivity index (χ0v) is 15.5. The molecular formula is C18H20FN9. The van der Waals surface area contributed by atoms with Crippen molar-refractivity contribution >= 4 is 22.5 Å². The summed E-state index contributed by atoms with van der Waals surface area (Å²) in [5, 5.41) is 13.8. The van der Waals surface area contributed by atoms with Crippen molar-refractivity contribution in [2.45, 2.75) is 32.9 Å². The Balaban J connectivity index is 1.37. The monoisotopic (exact) mass is 381 g/mol. The average molecular weight is 381 g/mol. The molecule has 0 spiro atoms. The van der Waals surface area contributed by atoms with E-state index in [1.165, 1.54) is 16.6 Å². The lowest BCUT2D eigenvalue weighted by atomic mass is 10.2. The van der Waals surface area contributed by atoms with Gasteiger partial charge in [0, 0.05) is 43.9 Å². The molecule has 5 rings (SSSR count). The first-order valence-electron chi connectivity index (χ1n) is 9.36. The zero-order valence-electron chi connectivity index (χ0n) is 15.5. The van der Waals surface area contributed by atoms with Gasteiger partial charge in [-0.15, -0.1) is 15.3 Å². The summed E-state index contributed by atoms with van der Waals surface area (Å²) in [6.45, 7) is 5.52. The van der Waals surface area contributed by atoms with E-state index in [2.05, 4.69) is 41.7 Å². The molecule has 4 heterocycles. The van der Waals surface area contributed by atoms with Crippen LogP contribution in [0, 0.1) is 5.82 Å². The van der Waals surface area contributed by atoms with Crippen LogP contribution < -0.4 is 5.73 Å². The molecule has 0 saturated carbocycles. The van der Waals surface area contributed by atoms with E-state index in [4.69, 9.17) is 5.73 Å². The van der Waals surface area contributed by atoms with Crippen LogP contribution in [0.2, 0.25) is 0 Å². The van der Waals surface area contributed by atoms with Gasteiger partial charge in [-0.1, -0.05) is 6.92 Å². The van der Waals surface area contributed by atoms with Gasteiger partial charge in [0.2, 0.25) is 5.95 Å². The maximum Gasteiger partial charge on any atom is 0.223 e. The molecule has 0 fully saturated rings. The molecule has 1 aromatic carbocycles. The van der Waals surface area contributed by atoms with E-state index in [-0.39, 0.29) is 11.8 Å². The van der Waals surface area contributed by atoms with Gasteiger partial charge in [-0.05, 0) is 12.1 Å². The fourth-order valence-corrected chi connectivity index (χ4v) is 3.73. The molecule has 0 amide bonds. The molecule has 0 saturated heterocycles.